The second kappa shape index (κ2) is 6.24. The summed E-state index contributed by atoms with van der Waals surface area (Å²) in [5, 5.41) is 0. The maximum Gasteiger partial charge on any atom is 0.254 e. The molecule has 0 saturated heterocycles. The van der Waals surface area contributed by atoms with Crippen molar-refractivity contribution >= 4 is 27.5 Å². The van der Waals surface area contributed by atoms with E-state index in [0.29, 0.717) is 23.8 Å². The minimum absolute atomic E-state index is 0.0625. The summed E-state index contributed by atoms with van der Waals surface area (Å²) < 4.78 is 0.767. The summed E-state index contributed by atoms with van der Waals surface area (Å²) in [5.74, 6) is 0.0625. The minimum Gasteiger partial charge on any atom is -0.398 e. The number of hydrogen-bond donors (Lipinski definition) is 1. The van der Waals surface area contributed by atoms with E-state index in [-0.39, 0.29) is 5.91 Å². The van der Waals surface area contributed by atoms with Gasteiger partial charge in [0, 0.05) is 28.3 Å². The van der Waals surface area contributed by atoms with Gasteiger partial charge in [0.2, 0.25) is 0 Å². The number of rotatable bonds is 4. The smallest absolute Gasteiger partial charge is 0.254 e. The Kier molecular flexibility index (Phi) is 4.64. The summed E-state index contributed by atoms with van der Waals surface area (Å²) >= 11 is 3.37. The van der Waals surface area contributed by atoms with Crippen molar-refractivity contribution in [3.8, 4) is 0 Å². The van der Waals surface area contributed by atoms with Gasteiger partial charge in [-0.15, -0.1) is 6.58 Å². The molecule has 4 heteroatoms. The standard InChI is InChI=1S/C15H19BrN2O/c1-2-9-18(12-5-3-4-6-12)15(19)11-7-8-14(17)13(16)10-11/h2,7-8,10,12H,1,3-6,9,17H2. The summed E-state index contributed by atoms with van der Waals surface area (Å²) in [7, 11) is 0. The Morgan fingerprint density at radius 3 is 2.74 bits per heavy atom. The third kappa shape index (κ3) is 3.18. The Morgan fingerprint density at radius 2 is 2.16 bits per heavy atom. The summed E-state index contributed by atoms with van der Waals surface area (Å²) in [6.45, 7) is 4.36. The zero-order chi connectivity index (χ0) is 13.8. The zero-order valence-electron chi connectivity index (χ0n) is 10.9. The van der Waals surface area contributed by atoms with Gasteiger partial charge in [0.05, 0.1) is 0 Å². The van der Waals surface area contributed by atoms with Gasteiger partial charge in [0.25, 0.3) is 5.91 Å². The van der Waals surface area contributed by atoms with E-state index >= 15 is 0 Å². The van der Waals surface area contributed by atoms with Crippen LogP contribution in [0.1, 0.15) is 36.0 Å². The zero-order valence-corrected chi connectivity index (χ0v) is 12.5. The van der Waals surface area contributed by atoms with E-state index in [1.807, 2.05) is 4.90 Å². The van der Waals surface area contributed by atoms with Crippen LogP contribution in [-0.2, 0) is 0 Å². The number of carbonyl (C=O) groups is 1. The first-order valence-corrected chi connectivity index (χ1v) is 7.39. The lowest BCUT2D eigenvalue weighted by Gasteiger charge is -2.28. The number of nitrogens with two attached hydrogens (primary N) is 1. The van der Waals surface area contributed by atoms with Crippen molar-refractivity contribution in [3.63, 3.8) is 0 Å². The number of carbonyl (C=O) groups excluding carboxylic acids is 1. The van der Waals surface area contributed by atoms with Gasteiger partial charge in [-0.2, -0.15) is 0 Å². The molecule has 1 fully saturated rings. The molecule has 0 spiro atoms. The SMILES string of the molecule is C=CCN(C(=O)c1ccc(N)c(Br)c1)C1CCCC1. The fourth-order valence-electron chi connectivity index (χ4n) is 2.58. The lowest BCUT2D eigenvalue weighted by atomic mass is 10.1. The molecule has 0 unspecified atom stereocenters. The third-order valence-electron chi connectivity index (χ3n) is 3.60. The normalized spacial score (nSPS) is 15.4. The van der Waals surface area contributed by atoms with Crippen molar-refractivity contribution in [1.29, 1.82) is 0 Å². The van der Waals surface area contributed by atoms with Crippen LogP contribution in [0.15, 0.2) is 35.3 Å². The van der Waals surface area contributed by atoms with Gasteiger partial charge in [-0.05, 0) is 47.0 Å². The highest BCUT2D eigenvalue weighted by atomic mass is 79.9. The predicted octanol–water partition coefficient (Wildman–Crippen LogP) is 3.60. The maximum absolute atomic E-state index is 12.6. The molecule has 2 rings (SSSR count). The molecule has 102 valence electrons. The Balaban J connectivity index is 2.22. The van der Waals surface area contributed by atoms with Crippen LogP contribution in [-0.4, -0.2) is 23.4 Å². The van der Waals surface area contributed by atoms with Crippen molar-refractivity contribution in [3.05, 3.63) is 40.9 Å². The number of nitrogen functional groups attached to an aromatic ring is 1. The number of hydrogen-bond acceptors (Lipinski definition) is 2. The van der Waals surface area contributed by atoms with Crippen LogP contribution in [0.2, 0.25) is 0 Å². The number of nitrogens with zero attached hydrogens (tertiary/aromatic N) is 1. The Labute approximate surface area is 122 Å². The Hall–Kier alpha value is -1.29. The van der Waals surface area contributed by atoms with E-state index in [1.54, 1.807) is 24.3 Å². The summed E-state index contributed by atoms with van der Waals surface area (Å²) in [4.78, 5) is 14.5. The third-order valence-corrected chi connectivity index (χ3v) is 4.29. The molecule has 2 N–H and O–H groups in total. The number of anilines is 1. The summed E-state index contributed by atoms with van der Waals surface area (Å²) in [6, 6.07) is 5.69. The van der Waals surface area contributed by atoms with Gasteiger partial charge in [0.1, 0.15) is 0 Å². The lowest BCUT2D eigenvalue weighted by Crippen LogP contribution is -2.38. The van der Waals surface area contributed by atoms with Crippen LogP contribution in [0.5, 0.6) is 0 Å². The molecule has 1 aliphatic carbocycles. The second-order valence-electron chi connectivity index (χ2n) is 4.92. The van der Waals surface area contributed by atoms with Crippen LogP contribution in [0.4, 0.5) is 5.69 Å². The van der Waals surface area contributed by atoms with Gasteiger partial charge in [-0.25, -0.2) is 0 Å². The summed E-state index contributed by atoms with van der Waals surface area (Å²) in [6.07, 6.45) is 6.39. The van der Waals surface area contributed by atoms with Crippen molar-refractivity contribution in [2.45, 2.75) is 31.7 Å². The molecule has 0 atom stereocenters. The highest BCUT2D eigenvalue weighted by Gasteiger charge is 2.26. The highest BCUT2D eigenvalue weighted by Crippen LogP contribution is 2.26. The average molecular weight is 323 g/mol. The molecule has 19 heavy (non-hydrogen) atoms. The van der Waals surface area contributed by atoms with Gasteiger partial charge < -0.3 is 10.6 Å². The van der Waals surface area contributed by atoms with E-state index in [0.717, 1.165) is 17.3 Å². The number of benzene rings is 1. The quantitative estimate of drug-likeness (QED) is 0.680. The van der Waals surface area contributed by atoms with Crippen LogP contribution in [0.3, 0.4) is 0 Å². The maximum atomic E-state index is 12.6. The average Bonchev–Trinajstić information content (AvgIpc) is 2.92. The Bertz CT molecular complexity index is 481. The van der Waals surface area contributed by atoms with Gasteiger partial charge in [-0.1, -0.05) is 18.9 Å². The first-order valence-electron chi connectivity index (χ1n) is 6.60. The van der Waals surface area contributed by atoms with E-state index in [2.05, 4.69) is 22.5 Å². The largest absolute Gasteiger partial charge is 0.398 e. The van der Waals surface area contributed by atoms with E-state index in [1.165, 1.54) is 12.8 Å². The van der Waals surface area contributed by atoms with E-state index < -0.39 is 0 Å². The van der Waals surface area contributed by atoms with E-state index in [4.69, 9.17) is 5.73 Å². The molecule has 0 heterocycles. The molecule has 1 aliphatic rings. The van der Waals surface area contributed by atoms with Crippen LogP contribution in [0.25, 0.3) is 0 Å². The minimum atomic E-state index is 0.0625. The van der Waals surface area contributed by atoms with Crippen LogP contribution < -0.4 is 5.73 Å². The predicted molar refractivity (Wildman–Crippen MR) is 82.0 cm³/mol. The highest BCUT2D eigenvalue weighted by molar-refractivity contribution is 9.10. The van der Waals surface area contributed by atoms with Crippen LogP contribution in [0, 0.1) is 0 Å². The molecule has 1 aromatic carbocycles. The summed E-state index contributed by atoms with van der Waals surface area (Å²) in [5.41, 5.74) is 7.08. The second-order valence-corrected chi connectivity index (χ2v) is 5.78. The van der Waals surface area contributed by atoms with Crippen molar-refractivity contribution in [2.75, 3.05) is 12.3 Å². The first-order chi connectivity index (χ1) is 9.13. The Morgan fingerprint density at radius 1 is 1.47 bits per heavy atom. The molecular formula is C15H19BrN2O. The molecule has 0 radical (unpaired) electrons. The van der Waals surface area contributed by atoms with Crippen molar-refractivity contribution in [2.24, 2.45) is 0 Å². The van der Waals surface area contributed by atoms with Crippen molar-refractivity contribution in [1.82, 2.24) is 4.90 Å². The fourth-order valence-corrected chi connectivity index (χ4v) is 2.96. The molecular weight excluding hydrogens is 304 g/mol. The number of amides is 1. The first kappa shape index (κ1) is 14.1. The van der Waals surface area contributed by atoms with Crippen LogP contribution >= 0.6 is 15.9 Å². The molecule has 3 nitrogen and oxygen atoms in total. The van der Waals surface area contributed by atoms with Gasteiger partial charge >= 0.3 is 0 Å². The lowest BCUT2D eigenvalue weighted by molar-refractivity contribution is 0.0706. The molecule has 0 aromatic heterocycles. The fraction of sp³-hybridized carbons (Fsp3) is 0.400. The van der Waals surface area contributed by atoms with Crippen molar-refractivity contribution < 1.29 is 4.79 Å². The molecule has 1 saturated carbocycles. The molecule has 0 bridgehead atoms. The molecule has 0 aliphatic heterocycles. The van der Waals surface area contributed by atoms with E-state index in [9.17, 15) is 4.79 Å². The van der Waals surface area contributed by atoms with Gasteiger partial charge in [0.15, 0.2) is 0 Å². The van der Waals surface area contributed by atoms with Gasteiger partial charge in [-0.3, -0.25) is 4.79 Å². The number of halogens is 1. The molecule has 1 aromatic rings. The topological polar surface area (TPSA) is 46.3 Å². The molecule has 1 amide bonds. The monoisotopic (exact) mass is 322 g/mol.